The molecular weight excluding hydrogens is 1270 g/mol. The maximum atomic E-state index is 11.1. The van der Waals surface area contributed by atoms with Crippen molar-refractivity contribution in [3.63, 3.8) is 0 Å². The topological polar surface area (TPSA) is 154 Å². The molecule has 16 aliphatic rings. The first-order chi connectivity index (χ1) is 48.0. The molecule has 0 aromatic rings. The Kier molecular flexibility index (Phi) is 18.8. The van der Waals surface area contributed by atoms with Crippen molar-refractivity contribution in [1.82, 2.24) is 0 Å². The second kappa shape index (κ2) is 24.9. The highest BCUT2D eigenvalue weighted by Crippen LogP contribution is 2.83. The molecule has 8 nitrogen and oxygen atoms in total. The SMILES string of the molecule is C=C(C)[C@@H]1CC[C@]2(C(=C)O)CC[C@]3(C)C(CCC4[C@@]5(C)CC[C@H](C)[C@@](C)(CO)[C@@H]5CC[C@]43C)C12.C=C(C)[C@@H]1CC[C@]2(C(=C)O)CC[C@]3(C)C(CCC4[C@@]5(C)CC[C@H](O)[C@@](C)(CC)[C@@H]5CC[C@]43C)C12.C=C(O)[C@]12CC[C@@H](C3(C)CO3)C1C1CCC3[C@@]4(C)CC[C@H](O)[C@@](C)(CO)[C@@H]4CC[C@@]3(C)[C@]1(C)CC2. The van der Waals surface area contributed by atoms with Gasteiger partial charge in [-0.25, -0.2) is 0 Å². The predicted molar refractivity (Wildman–Crippen MR) is 420 cm³/mol. The summed E-state index contributed by atoms with van der Waals surface area (Å²) in [5, 5.41) is 76.1. The average molecular weight is 1420 g/mol. The van der Waals surface area contributed by atoms with Crippen molar-refractivity contribution in [2.45, 2.75) is 335 Å². The van der Waals surface area contributed by atoms with Gasteiger partial charge in [-0.1, -0.05) is 141 Å². The summed E-state index contributed by atoms with van der Waals surface area (Å²) >= 11 is 0. The molecule has 15 saturated carbocycles. The van der Waals surface area contributed by atoms with Crippen LogP contribution in [0, 0.1) is 176 Å². The highest BCUT2D eigenvalue weighted by Gasteiger charge is 2.77. The molecule has 0 amide bonds. The maximum Gasteiger partial charge on any atom is 0.0919 e. The molecule has 7 N–H and O–H groups in total. The molecule has 8 heteroatoms. The van der Waals surface area contributed by atoms with E-state index in [1.807, 2.05) is 0 Å². The van der Waals surface area contributed by atoms with Crippen LogP contribution < -0.4 is 0 Å². The third-order valence-corrected chi connectivity index (χ3v) is 43.0. The van der Waals surface area contributed by atoms with Crippen LogP contribution in [-0.2, 0) is 4.74 Å². The van der Waals surface area contributed by atoms with Crippen molar-refractivity contribution in [3.8, 4) is 0 Å². The summed E-state index contributed by atoms with van der Waals surface area (Å²) in [5.74, 6) is 10.6. The number of aliphatic hydroxyl groups is 7. The van der Waals surface area contributed by atoms with Crippen LogP contribution in [0.5, 0.6) is 0 Å². The Bertz CT molecular complexity index is 3200. The van der Waals surface area contributed by atoms with Crippen molar-refractivity contribution < 1.29 is 40.5 Å². The minimum absolute atomic E-state index is 0.00996. The highest BCUT2D eigenvalue weighted by atomic mass is 16.6. The van der Waals surface area contributed by atoms with Crippen molar-refractivity contribution in [3.05, 3.63) is 61.3 Å². The minimum Gasteiger partial charge on any atom is -0.512 e. The molecule has 0 radical (unpaired) electrons. The van der Waals surface area contributed by atoms with E-state index in [2.05, 4.69) is 151 Å². The van der Waals surface area contributed by atoms with Gasteiger partial charge in [0.1, 0.15) is 0 Å². The molecule has 0 aromatic heterocycles. The molecule has 16 fully saturated rings. The lowest BCUT2D eigenvalue weighted by Crippen LogP contribution is -2.67. The first kappa shape index (κ1) is 77.6. The van der Waals surface area contributed by atoms with Crippen molar-refractivity contribution in [1.29, 1.82) is 0 Å². The summed E-state index contributed by atoms with van der Waals surface area (Å²) in [7, 11) is 0. The van der Waals surface area contributed by atoms with Crippen LogP contribution in [0.3, 0.4) is 0 Å². The molecule has 1 heterocycles. The lowest BCUT2D eigenvalue weighted by Gasteiger charge is -2.73. The van der Waals surface area contributed by atoms with Crippen LogP contribution >= 0.6 is 0 Å². The van der Waals surface area contributed by atoms with Crippen LogP contribution in [0.2, 0.25) is 0 Å². The Hall–Kier alpha value is -2.10. The first-order valence-electron chi connectivity index (χ1n) is 43.6. The fraction of sp³-hybridized carbons (Fsp3) is 0.895. The fourth-order valence-electron chi connectivity index (χ4n) is 36.0. The number of fused-ring (bicyclic) bond motifs is 21. The average Bonchev–Trinajstić information content (AvgIpc) is 1.61. The number of allylic oxidation sites excluding steroid dienone is 5. The van der Waals surface area contributed by atoms with Crippen LogP contribution in [0.15, 0.2) is 61.3 Å². The van der Waals surface area contributed by atoms with Gasteiger partial charge in [0.2, 0.25) is 0 Å². The van der Waals surface area contributed by atoms with Crippen molar-refractivity contribution in [2.75, 3.05) is 19.8 Å². The van der Waals surface area contributed by atoms with E-state index in [9.17, 15) is 35.7 Å². The van der Waals surface area contributed by atoms with Crippen LogP contribution in [0.4, 0.5) is 0 Å². The minimum atomic E-state index is -0.397. The molecule has 15 aliphatic carbocycles. The van der Waals surface area contributed by atoms with Crippen molar-refractivity contribution in [2.24, 2.45) is 176 Å². The van der Waals surface area contributed by atoms with E-state index in [1.165, 1.54) is 133 Å². The fourth-order valence-corrected chi connectivity index (χ4v) is 36.0. The second-order valence-electron chi connectivity index (χ2n) is 44.9. The molecule has 16 rings (SSSR count). The molecule has 1 aliphatic heterocycles. The number of rotatable bonds is 9. The molecule has 34 atom stereocenters. The quantitative estimate of drug-likeness (QED) is 0.0684. The van der Waals surface area contributed by atoms with Gasteiger partial charge in [0.05, 0.1) is 48.3 Å². The molecular formula is C95H154O8. The molecule has 0 spiro atoms. The van der Waals surface area contributed by atoms with Gasteiger partial charge in [-0.2, -0.15) is 0 Å². The second-order valence-corrected chi connectivity index (χ2v) is 44.9. The van der Waals surface area contributed by atoms with Gasteiger partial charge in [0.25, 0.3) is 0 Å². The predicted octanol–water partition coefficient (Wildman–Crippen LogP) is 23.1. The van der Waals surface area contributed by atoms with E-state index in [-0.39, 0.29) is 61.6 Å². The Morgan fingerprint density at radius 2 is 0.680 bits per heavy atom. The van der Waals surface area contributed by atoms with E-state index in [0.29, 0.717) is 139 Å². The largest absolute Gasteiger partial charge is 0.512 e. The smallest absolute Gasteiger partial charge is 0.0919 e. The molecule has 582 valence electrons. The lowest BCUT2D eigenvalue weighted by atomic mass is 9.32. The Morgan fingerprint density at radius 3 is 1.03 bits per heavy atom. The van der Waals surface area contributed by atoms with Gasteiger partial charge in [-0.3, -0.25) is 0 Å². The van der Waals surface area contributed by atoms with E-state index in [4.69, 9.17) is 4.74 Å². The highest BCUT2D eigenvalue weighted by molar-refractivity contribution is 5.30. The zero-order valence-corrected chi connectivity index (χ0v) is 69.0. The molecule has 10 unspecified atom stereocenters. The van der Waals surface area contributed by atoms with Gasteiger partial charge in [0, 0.05) is 28.3 Å². The Labute approximate surface area is 628 Å². The third-order valence-electron chi connectivity index (χ3n) is 43.0. The van der Waals surface area contributed by atoms with E-state index < -0.39 is 11.5 Å². The van der Waals surface area contributed by atoms with Crippen LogP contribution in [0.1, 0.15) is 317 Å². The van der Waals surface area contributed by atoms with Gasteiger partial charge < -0.3 is 40.5 Å². The number of hydrogen-bond donors (Lipinski definition) is 7. The van der Waals surface area contributed by atoms with Gasteiger partial charge in [0.15, 0.2) is 0 Å². The Morgan fingerprint density at radius 1 is 0.350 bits per heavy atom. The van der Waals surface area contributed by atoms with E-state index in [0.717, 1.165) is 95.5 Å². The van der Waals surface area contributed by atoms with Gasteiger partial charge in [-0.15, -0.1) is 0 Å². The number of ether oxygens (including phenoxy) is 1. The maximum absolute atomic E-state index is 11.1. The summed E-state index contributed by atoms with van der Waals surface area (Å²) in [4.78, 5) is 0. The Balaban J connectivity index is 0.000000131. The van der Waals surface area contributed by atoms with Gasteiger partial charge in [-0.05, 0) is 374 Å². The monoisotopic (exact) mass is 1420 g/mol. The normalized spacial score (nSPS) is 58.1. The third kappa shape index (κ3) is 9.91. The summed E-state index contributed by atoms with van der Waals surface area (Å²) in [5.41, 5.74) is 4.55. The summed E-state index contributed by atoms with van der Waals surface area (Å²) in [6.07, 6.45) is 35.8. The van der Waals surface area contributed by atoms with E-state index >= 15 is 0 Å². The van der Waals surface area contributed by atoms with E-state index in [1.54, 1.807) is 0 Å². The zero-order chi connectivity index (χ0) is 75.0. The van der Waals surface area contributed by atoms with Crippen LogP contribution in [0.25, 0.3) is 0 Å². The summed E-state index contributed by atoms with van der Waals surface area (Å²) in [6, 6.07) is 0. The number of aliphatic hydroxyl groups excluding tert-OH is 7. The lowest BCUT2D eigenvalue weighted by molar-refractivity contribution is -0.254. The molecule has 103 heavy (non-hydrogen) atoms. The summed E-state index contributed by atoms with van der Waals surface area (Å²) in [6.45, 7) is 64.7. The molecule has 1 saturated heterocycles. The van der Waals surface area contributed by atoms with Crippen molar-refractivity contribution >= 4 is 0 Å². The zero-order valence-electron chi connectivity index (χ0n) is 69.0. The molecule has 0 bridgehead atoms. The standard InChI is InChI=1S/2C32H52O2.C31H50O4/c1-20(2)23-12-16-32(22(4)34)18-17-30(7)24(27(23)32)9-10-26-28(5)14-11-21(3)29(6,19-33)25(28)13-15-31(26,30)8;1-9-28(5)24-13-16-31(8)25(29(24,6)15-14-26(28)34)11-10-23-27-22(20(2)3)12-17-32(27,21(4)33)19-18-30(23,31)7;1-19(33)31-14-9-21(30(6)18-35-30)25(31)20-7-8-23-26(2)12-11-24(34)27(3,17-32)22(26)10-13-29(23,5)28(20,4)15-16-31/h21,23-27,33-34H,1,4,9-19H2,2-3,5-8H3;22-27,33-34H,2,4,9-19H2,1,3,5-8H3;20-25,32-34H,1,7-18H2,2-6H3/t21-,23-,24?,25+,26?,27?,28-,29+,30+,31+,32+;22-,23?,24-,25?,26-,27?,28-,29-,30+,31+,32+;20?,21-,22-,23?,24+,25?,26+,27+,28-,29-,30?,31-/m001/s1. The number of epoxide rings is 1. The summed E-state index contributed by atoms with van der Waals surface area (Å²) < 4.78 is 6.07. The van der Waals surface area contributed by atoms with Gasteiger partial charge >= 0.3 is 0 Å². The molecule has 0 aromatic carbocycles. The number of hydrogen-bond acceptors (Lipinski definition) is 8. The first-order valence-corrected chi connectivity index (χ1v) is 43.6. The van der Waals surface area contributed by atoms with Crippen LogP contribution in [-0.4, -0.2) is 73.4 Å².